The predicted octanol–water partition coefficient (Wildman–Crippen LogP) is 2.26. The third kappa shape index (κ3) is 3.28. The second-order valence-electron chi connectivity index (χ2n) is 5.79. The van der Waals surface area contributed by atoms with E-state index in [4.69, 9.17) is 0 Å². The molecule has 1 saturated heterocycles. The quantitative estimate of drug-likeness (QED) is 0.907. The van der Waals surface area contributed by atoms with Crippen LogP contribution in [-0.2, 0) is 0 Å². The van der Waals surface area contributed by atoms with E-state index < -0.39 is 0 Å². The summed E-state index contributed by atoms with van der Waals surface area (Å²) < 4.78 is 1.78. The molecule has 1 aliphatic rings. The van der Waals surface area contributed by atoms with Crippen LogP contribution < -0.4 is 5.32 Å². The highest BCUT2D eigenvalue weighted by atomic mass is 15.2. The summed E-state index contributed by atoms with van der Waals surface area (Å²) in [6.07, 6.45) is 7.84. The Bertz CT molecular complexity index is 544. The van der Waals surface area contributed by atoms with Crippen LogP contribution >= 0.6 is 0 Å². The largest absolute Gasteiger partial charge is 0.370 e. The fraction of sp³-hybridized carbons (Fsp3) is 0.600. The molecule has 3 rings (SSSR count). The fourth-order valence-corrected chi connectivity index (χ4v) is 2.84. The Morgan fingerprint density at radius 2 is 2.10 bits per heavy atom. The van der Waals surface area contributed by atoms with Gasteiger partial charge in [0.1, 0.15) is 5.82 Å². The van der Waals surface area contributed by atoms with E-state index in [1.165, 1.54) is 38.9 Å². The van der Waals surface area contributed by atoms with Crippen LogP contribution in [0.5, 0.6) is 0 Å². The van der Waals surface area contributed by atoms with Crippen LogP contribution in [-0.4, -0.2) is 45.7 Å². The zero-order valence-electron chi connectivity index (χ0n) is 12.1. The molecule has 20 heavy (non-hydrogen) atoms. The Kier molecular flexibility index (Phi) is 4.16. The van der Waals surface area contributed by atoms with Gasteiger partial charge in [-0.2, -0.15) is 5.10 Å². The summed E-state index contributed by atoms with van der Waals surface area (Å²) >= 11 is 0. The van der Waals surface area contributed by atoms with Gasteiger partial charge in [0.15, 0.2) is 5.65 Å². The normalized spacial score (nSPS) is 18.2. The number of likely N-dealkylation sites (tertiary alicyclic amines) is 1. The zero-order valence-corrected chi connectivity index (χ0v) is 12.1. The van der Waals surface area contributed by atoms with Gasteiger partial charge in [0.05, 0.1) is 6.20 Å². The molecule has 1 atom stereocenters. The lowest BCUT2D eigenvalue weighted by molar-refractivity contribution is 0.204. The van der Waals surface area contributed by atoms with Crippen LogP contribution in [0, 0.1) is 5.92 Å². The number of nitrogens with one attached hydrogen (secondary N) is 1. The second kappa shape index (κ2) is 6.22. The molecule has 2 aromatic heterocycles. The number of hydrogen-bond donors (Lipinski definition) is 1. The summed E-state index contributed by atoms with van der Waals surface area (Å²) in [4.78, 5) is 7.12. The van der Waals surface area contributed by atoms with Crippen LogP contribution in [0.3, 0.4) is 0 Å². The van der Waals surface area contributed by atoms with E-state index >= 15 is 0 Å². The highest BCUT2D eigenvalue weighted by molar-refractivity contribution is 5.45. The molecule has 0 aromatic carbocycles. The molecule has 0 spiro atoms. The van der Waals surface area contributed by atoms with E-state index in [1.54, 1.807) is 10.7 Å². The minimum atomic E-state index is 0.635. The van der Waals surface area contributed by atoms with E-state index in [-0.39, 0.29) is 0 Å². The molecule has 0 radical (unpaired) electrons. The molecule has 0 amide bonds. The van der Waals surface area contributed by atoms with Gasteiger partial charge in [-0.15, -0.1) is 0 Å². The first-order valence-electron chi connectivity index (χ1n) is 7.58. The van der Waals surface area contributed by atoms with Crippen molar-refractivity contribution in [2.24, 2.45) is 5.92 Å². The number of hydrogen-bond acceptors (Lipinski definition) is 4. The van der Waals surface area contributed by atoms with Crippen molar-refractivity contribution in [1.29, 1.82) is 0 Å². The number of anilines is 1. The lowest BCUT2D eigenvalue weighted by Crippen LogP contribution is -2.35. The van der Waals surface area contributed by atoms with Crippen LogP contribution in [0.15, 0.2) is 24.5 Å². The molecule has 0 saturated carbocycles. The van der Waals surface area contributed by atoms with Crippen molar-refractivity contribution in [3.63, 3.8) is 0 Å². The molecular formula is C15H23N5. The molecule has 0 bridgehead atoms. The van der Waals surface area contributed by atoms with Gasteiger partial charge >= 0.3 is 0 Å². The van der Waals surface area contributed by atoms with Crippen molar-refractivity contribution in [3.8, 4) is 0 Å². The SMILES string of the molecule is CC(CNc1ccn2nccc2n1)CN1CCCCC1. The molecular weight excluding hydrogens is 250 g/mol. The molecule has 1 unspecified atom stereocenters. The van der Waals surface area contributed by atoms with Gasteiger partial charge in [0.25, 0.3) is 0 Å². The molecule has 1 fully saturated rings. The molecule has 1 N–H and O–H groups in total. The standard InChI is InChI=1S/C15H23N5/c1-13(12-19-8-3-2-4-9-19)11-16-14-6-10-20-15(18-14)5-7-17-20/h5-7,10,13H,2-4,8-9,11-12H2,1H3,(H,16,18). The van der Waals surface area contributed by atoms with Crippen molar-refractivity contribution in [3.05, 3.63) is 24.5 Å². The summed E-state index contributed by atoms with van der Waals surface area (Å²) in [6, 6.07) is 3.90. The topological polar surface area (TPSA) is 45.5 Å². The Hall–Kier alpha value is -1.62. The van der Waals surface area contributed by atoms with Crippen molar-refractivity contribution >= 4 is 11.5 Å². The van der Waals surface area contributed by atoms with E-state index in [2.05, 4.69) is 27.2 Å². The maximum atomic E-state index is 4.53. The fourth-order valence-electron chi connectivity index (χ4n) is 2.84. The first-order valence-corrected chi connectivity index (χ1v) is 7.58. The smallest absolute Gasteiger partial charge is 0.157 e. The first kappa shape index (κ1) is 13.4. The van der Waals surface area contributed by atoms with E-state index in [0.717, 1.165) is 18.0 Å². The first-order chi connectivity index (χ1) is 9.81. The lowest BCUT2D eigenvalue weighted by Gasteiger charge is -2.29. The average molecular weight is 273 g/mol. The zero-order chi connectivity index (χ0) is 13.8. The summed E-state index contributed by atoms with van der Waals surface area (Å²) in [5, 5.41) is 7.59. The molecule has 1 aliphatic heterocycles. The van der Waals surface area contributed by atoms with Gasteiger partial charge in [-0.1, -0.05) is 13.3 Å². The van der Waals surface area contributed by atoms with Crippen LogP contribution in [0.4, 0.5) is 5.82 Å². The molecule has 108 valence electrons. The maximum Gasteiger partial charge on any atom is 0.157 e. The van der Waals surface area contributed by atoms with Gasteiger partial charge in [0, 0.05) is 25.4 Å². The Morgan fingerprint density at radius 1 is 1.25 bits per heavy atom. The van der Waals surface area contributed by atoms with Crippen LogP contribution in [0.25, 0.3) is 5.65 Å². The van der Waals surface area contributed by atoms with Crippen LogP contribution in [0.2, 0.25) is 0 Å². The number of piperidine rings is 1. The number of rotatable bonds is 5. The second-order valence-corrected chi connectivity index (χ2v) is 5.79. The average Bonchev–Trinajstić information content (AvgIpc) is 2.93. The summed E-state index contributed by atoms with van der Waals surface area (Å²) in [7, 11) is 0. The third-order valence-corrected chi connectivity index (χ3v) is 3.91. The molecule has 5 heteroatoms. The summed E-state index contributed by atoms with van der Waals surface area (Å²) in [6.45, 7) is 6.99. The highest BCUT2D eigenvalue weighted by Crippen LogP contribution is 2.12. The predicted molar refractivity (Wildman–Crippen MR) is 80.9 cm³/mol. The van der Waals surface area contributed by atoms with Gasteiger partial charge in [-0.25, -0.2) is 9.50 Å². The summed E-state index contributed by atoms with van der Waals surface area (Å²) in [5.41, 5.74) is 0.888. The number of fused-ring (bicyclic) bond motifs is 1. The molecule has 5 nitrogen and oxygen atoms in total. The van der Waals surface area contributed by atoms with Gasteiger partial charge < -0.3 is 10.2 Å². The van der Waals surface area contributed by atoms with Gasteiger partial charge in [0.2, 0.25) is 0 Å². The maximum absolute atomic E-state index is 4.53. The Labute approximate surface area is 120 Å². The molecule has 3 heterocycles. The Balaban J connectivity index is 1.50. The summed E-state index contributed by atoms with van der Waals surface area (Å²) in [5.74, 6) is 1.57. The molecule has 2 aromatic rings. The molecule has 0 aliphatic carbocycles. The third-order valence-electron chi connectivity index (χ3n) is 3.91. The van der Waals surface area contributed by atoms with Crippen molar-refractivity contribution in [2.45, 2.75) is 26.2 Å². The van der Waals surface area contributed by atoms with Crippen molar-refractivity contribution in [1.82, 2.24) is 19.5 Å². The minimum absolute atomic E-state index is 0.635. The number of aromatic nitrogens is 3. The lowest BCUT2D eigenvalue weighted by atomic mass is 10.1. The van der Waals surface area contributed by atoms with Crippen LogP contribution in [0.1, 0.15) is 26.2 Å². The Morgan fingerprint density at radius 3 is 2.95 bits per heavy atom. The van der Waals surface area contributed by atoms with E-state index in [1.807, 2.05) is 18.3 Å². The van der Waals surface area contributed by atoms with Gasteiger partial charge in [-0.3, -0.25) is 0 Å². The number of nitrogens with zero attached hydrogens (tertiary/aromatic N) is 4. The minimum Gasteiger partial charge on any atom is -0.370 e. The highest BCUT2D eigenvalue weighted by Gasteiger charge is 2.13. The monoisotopic (exact) mass is 273 g/mol. The van der Waals surface area contributed by atoms with E-state index in [0.29, 0.717) is 5.92 Å². The van der Waals surface area contributed by atoms with E-state index in [9.17, 15) is 0 Å². The van der Waals surface area contributed by atoms with Crippen molar-refractivity contribution < 1.29 is 0 Å². The van der Waals surface area contributed by atoms with Gasteiger partial charge in [-0.05, 0) is 37.9 Å². The van der Waals surface area contributed by atoms with Crippen molar-refractivity contribution in [2.75, 3.05) is 31.5 Å².